The molecule has 94 valence electrons. The topological polar surface area (TPSA) is 47.0 Å². The highest BCUT2D eigenvalue weighted by Gasteiger charge is 2.07. The molecule has 1 N–H and O–H groups in total. The number of nitrogens with one attached hydrogen (secondary N) is 1. The number of anilines is 1. The third-order valence-corrected chi connectivity index (χ3v) is 2.92. The van der Waals surface area contributed by atoms with Gasteiger partial charge in [0.05, 0.1) is 7.11 Å². The summed E-state index contributed by atoms with van der Waals surface area (Å²) < 4.78 is 5.03. The lowest BCUT2D eigenvalue weighted by molar-refractivity contribution is 0.398. The van der Waals surface area contributed by atoms with Crippen LogP contribution in [0.5, 0.6) is 5.88 Å². The Kier molecular flexibility index (Phi) is 3.67. The summed E-state index contributed by atoms with van der Waals surface area (Å²) in [7, 11) is 3.39. The van der Waals surface area contributed by atoms with Crippen molar-refractivity contribution < 1.29 is 4.74 Å². The van der Waals surface area contributed by atoms with Gasteiger partial charge in [-0.15, -0.1) is 0 Å². The maximum atomic E-state index is 6.06. The Morgan fingerprint density at radius 1 is 1.17 bits per heavy atom. The number of aryl methyl sites for hydroxylation is 1. The van der Waals surface area contributed by atoms with E-state index in [0.29, 0.717) is 10.9 Å². The van der Waals surface area contributed by atoms with Crippen LogP contribution < -0.4 is 10.1 Å². The SMILES string of the molecule is CNc1ncc(-c2cnc(OC)c(Cl)c2)cc1C. The third-order valence-electron chi connectivity index (χ3n) is 2.65. The van der Waals surface area contributed by atoms with E-state index < -0.39 is 0 Å². The molecule has 0 aliphatic heterocycles. The molecule has 0 saturated carbocycles. The highest BCUT2D eigenvalue weighted by molar-refractivity contribution is 6.32. The normalized spacial score (nSPS) is 10.2. The lowest BCUT2D eigenvalue weighted by Crippen LogP contribution is -1.96. The van der Waals surface area contributed by atoms with Crippen molar-refractivity contribution in [2.45, 2.75) is 6.92 Å². The molecule has 18 heavy (non-hydrogen) atoms. The Labute approximate surface area is 111 Å². The number of aromatic nitrogens is 2. The molecule has 0 aromatic carbocycles. The lowest BCUT2D eigenvalue weighted by Gasteiger charge is -2.08. The molecule has 0 spiro atoms. The van der Waals surface area contributed by atoms with Crippen molar-refractivity contribution in [2.75, 3.05) is 19.5 Å². The van der Waals surface area contributed by atoms with Gasteiger partial charge in [-0.3, -0.25) is 0 Å². The van der Waals surface area contributed by atoms with Crippen LogP contribution in [0.3, 0.4) is 0 Å². The van der Waals surface area contributed by atoms with Crippen molar-refractivity contribution >= 4 is 17.4 Å². The van der Waals surface area contributed by atoms with E-state index in [2.05, 4.69) is 15.3 Å². The Morgan fingerprint density at radius 2 is 1.83 bits per heavy atom. The van der Waals surface area contributed by atoms with Gasteiger partial charge < -0.3 is 10.1 Å². The molecule has 2 aromatic heterocycles. The minimum absolute atomic E-state index is 0.428. The fraction of sp³-hybridized carbons (Fsp3) is 0.231. The fourth-order valence-electron chi connectivity index (χ4n) is 1.73. The van der Waals surface area contributed by atoms with Gasteiger partial charge in [0.25, 0.3) is 0 Å². The van der Waals surface area contributed by atoms with E-state index in [1.54, 1.807) is 19.5 Å². The van der Waals surface area contributed by atoms with Gasteiger partial charge in [0, 0.05) is 30.6 Å². The second-order valence-electron chi connectivity index (χ2n) is 3.85. The molecular formula is C13H14ClN3O. The average molecular weight is 264 g/mol. The molecule has 0 aliphatic carbocycles. The molecule has 0 saturated heterocycles. The van der Waals surface area contributed by atoms with Crippen molar-refractivity contribution in [3.63, 3.8) is 0 Å². The lowest BCUT2D eigenvalue weighted by atomic mass is 10.1. The Bertz CT molecular complexity index is 521. The van der Waals surface area contributed by atoms with E-state index in [9.17, 15) is 0 Å². The summed E-state index contributed by atoms with van der Waals surface area (Å²) in [5.74, 6) is 1.29. The minimum atomic E-state index is 0.428. The summed E-state index contributed by atoms with van der Waals surface area (Å²) in [4.78, 5) is 8.48. The number of methoxy groups -OCH3 is 1. The molecule has 0 unspecified atom stereocenters. The van der Waals surface area contributed by atoms with E-state index in [0.717, 1.165) is 22.5 Å². The first-order valence-electron chi connectivity index (χ1n) is 5.50. The summed E-state index contributed by atoms with van der Waals surface area (Å²) >= 11 is 6.06. The molecule has 5 heteroatoms. The van der Waals surface area contributed by atoms with Crippen molar-refractivity contribution in [1.29, 1.82) is 0 Å². The number of pyridine rings is 2. The zero-order chi connectivity index (χ0) is 13.1. The van der Waals surface area contributed by atoms with Crippen LogP contribution in [0.4, 0.5) is 5.82 Å². The fourth-order valence-corrected chi connectivity index (χ4v) is 1.97. The molecule has 4 nitrogen and oxygen atoms in total. The van der Waals surface area contributed by atoms with Crippen LogP contribution in [0.1, 0.15) is 5.56 Å². The predicted molar refractivity (Wildman–Crippen MR) is 73.3 cm³/mol. The predicted octanol–water partition coefficient (Wildman–Crippen LogP) is 3.16. The molecule has 0 amide bonds. The molecule has 2 aromatic rings. The maximum Gasteiger partial charge on any atom is 0.232 e. The van der Waals surface area contributed by atoms with Crippen molar-refractivity contribution in [3.8, 4) is 17.0 Å². The quantitative estimate of drug-likeness (QED) is 0.924. The smallest absolute Gasteiger partial charge is 0.232 e. The highest BCUT2D eigenvalue weighted by Crippen LogP contribution is 2.28. The molecule has 0 fully saturated rings. The second-order valence-corrected chi connectivity index (χ2v) is 4.26. The summed E-state index contributed by atoms with van der Waals surface area (Å²) in [5.41, 5.74) is 2.96. The third kappa shape index (κ3) is 2.38. The Hall–Kier alpha value is -1.81. The van der Waals surface area contributed by atoms with Gasteiger partial charge >= 0.3 is 0 Å². The average Bonchev–Trinajstić information content (AvgIpc) is 2.38. The number of hydrogen-bond donors (Lipinski definition) is 1. The van der Waals surface area contributed by atoms with Gasteiger partial charge in [0.1, 0.15) is 10.8 Å². The molecular weight excluding hydrogens is 250 g/mol. The zero-order valence-electron chi connectivity index (χ0n) is 10.5. The van der Waals surface area contributed by atoms with Gasteiger partial charge in [-0.05, 0) is 24.6 Å². The Balaban J connectivity index is 2.42. The van der Waals surface area contributed by atoms with Gasteiger partial charge in [-0.1, -0.05) is 11.6 Å². The van der Waals surface area contributed by atoms with Crippen LogP contribution in [0, 0.1) is 6.92 Å². The number of ether oxygens (including phenoxy) is 1. The number of hydrogen-bond acceptors (Lipinski definition) is 4. The minimum Gasteiger partial charge on any atom is -0.480 e. The first kappa shape index (κ1) is 12.6. The van der Waals surface area contributed by atoms with Crippen LogP contribution in [0.15, 0.2) is 24.5 Å². The monoisotopic (exact) mass is 263 g/mol. The summed E-state index contributed by atoms with van der Waals surface area (Å²) in [6, 6.07) is 3.86. The molecule has 0 radical (unpaired) electrons. The van der Waals surface area contributed by atoms with E-state index in [1.165, 1.54) is 0 Å². The molecule has 0 bridgehead atoms. The number of nitrogens with zero attached hydrogens (tertiary/aromatic N) is 2. The van der Waals surface area contributed by atoms with Crippen LogP contribution in [0.2, 0.25) is 5.02 Å². The maximum absolute atomic E-state index is 6.06. The first-order chi connectivity index (χ1) is 8.65. The molecule has 2 heterocycles. The molecule has 0 aliphatic rings. The highest BCUT2D eigenvalue weighted by atomic mass is 35.5. The van der Waals surface area contributed by atoms with E-state index in [-0.39, 0.29) is 0 Å². The van der Waals surface area contributed by atoms with Crippen LogP contribution in [-0.2, 0) is 0 Å². The van der Waals surface area contributed by atoms with Crippen LogP contribution in [-0.4, -0.2) is 24.1 Å². The summed E-state index contributed by atoms with van der Waals surface area (Å²) in [5, 5.41) is 3.52. The molecule has 2 rings (SSSR count). The zero-order valence-corrected chi connectivity index (χ0v) is 11.2. The van der Waals surface area contributed by atoms with Crippen LogP contribution >= 0.6 is 11.6 Å². The van der Waals surface area contributed by atoms with Crippen LogP contribution in [0.25, 0.3) is 11.1 Å². The number of rotatable bonds is 3. The van der Waals surface area contributed by atoms with E-state index in [1.807, 2.05) is 26.1 Å². The van der Waals surface area contributed by atoms with Gasteiger partial charge in [0.15, 0.2) is 0 Å². The first-order valence-corrected chi connectivity index (χ1v) is 5.87. The largest absolute Gasteiger partial charge is 0.480 e. The van der Waals surface area contributed by atoms with Crippen molar-refractivity contribution in [3.05, 3.63) is 35.1 Å². The standard InChI is InChI=1S/C13H14ClN3O/c1-8-4-9(6-16-12(8)15-2)10-5-11(14)13(18-3)17-7-10/h4-7H,1-3H3,(H,15,16). The Morgan fingerprint density at radius 3 is 2.39 bits per heavy atom. The summed E-state index contributed by atoms with van der Waals surface area (Å²) in [6.45, 7) is 2.00. The second kappa shape index (κ2) is 5.23. The van der Waals surface area contributed by atoms with Crippen molar-refractivity contribution in [1.82, 2.24) is 9.97 Å². The number of halogens is 1. The van der Waals surface area contributed by atoms with E-state index >= 15 is 0 Å². The van der Waals surface area contributed by atoms with Crippen molar-refractivity contribution in [2.24, 2.45) is 0 Å². The molecule has 0 atom stereocenters. The van der Waals surface area contributed by atoms with Gasteiger partial charge in [-0.2, -0.15) is 0 Å². The van der Waals surface area contributed by atoms with Gasteiger partial charge in [0.2, 0.25) is 5.88 Å². The van der Waals surface area contributed by atoms with Gasteiger partial charge in [-0.25, -0.2) is 9.97 Å². The van der Waals surface area contributed by atoms with E-state index in [4.69, 9.17) is 16.3 Å². The summed E-state index contributed by atoms with van der Waals surface area (Å²) in [6.07, 6.45) is 3.51.